The highest BCUT2D eigenvalue weighted by Crippen LogP contribution is 2.19. The lowest BCUT2D eigenvalue weighted by Gasteiger charge is -2.16. The molecule has 0 spiro atoms. The molecule has 2 aromatic rings. The van der Waals surface area contributed by atoms with Gasteiger partial charge < -0.3 is 19.9 Å². The summed E-state index contributed by atoms with van der Waals surface area (Å²) in [5.74, 6) is -0.735. The fourth-order valence-electron chi connectivity index (χ4n) is 2.38. The summed E-state index contributed by atoms with van der Waals surface area (Å²) in [5, 5.41) is 11.6. The third-order valence-corrected chi connectivity index (χ3v) is 3.65. The number of hydrogen-bond donors (Lipinski definition) is 2. The fourth-order valence-corrected chi connectivity index (χ4v) is 2.38. The predicted molar refractivity (Wildman–Crippen MR) is 92.6 cm³/mol. The minimum absolute atomic E-state index is 0.175. The number of amides is 1. The summed E-state index contributed by atoms with van der Waals surface area (Å²) < 4.78 is 10.2. The number of carboxylic acid groups (broad SMARTS) is 1. The zero-order chi connectivity index (χ0) is 18.2. The van der Waals surface area contributed by atoms with Crippen LogP contribution in [0.5, 0.6) is 5.75 Å². The normalized spacial score (nSPS) is 11.6. The van der Waals surface area contributed by atoms with Crippen LogP contribution in [0.15, 0.2) is 48.5 Å². The van der Waals surface area contributed by atoms with Gasteiger partial charge in [0.2, 0.25) is 0 Å². The summed E-state index contributed by atoms with van der Waals surface area (Å²) in [6.07, 6.45) is 0. The third-order valence-electron chi connectivity index (χ3n) is 3.65. The zero-order valence-electron chi connectivity index (χ0n) is 14.2. The highest BCUT2D eigenvalue weighted by Gasteiger charge is 2.14. The topological polar surface area (TPSA) is 84.9 Å². The molecule has 0 bridgehead atoms. The molecule has 0 saturated carbocycles. The van der Waals surface area contributed by atoms with Gasteiger partial charge in [-0.15, -0.1) is 0 Å². The van der Waals surface area contributed by atoms with Crippen LogP contribution in [0.4, 0.5) is 0 Å². The molecule has 0 radical (unpaired) electrons. The van der Waals surface area contributed by atoms with E-state index in [-0.39, 0.29) is 18.6 Å². The minimum atomic E-state index is -1.03. The van der Waals surface area contributed by atoms with Crippen LogP contribution in [0, 0.1) is 0 Å². The van der Waals surface area contributed by atoms with Crippen molar-refractivity contribution in [2.24, 2.45) is 0 Å². The van der Waals surface area contributed by atoms with Crippen molar-refractivity contribution >= 4 is 11.9 Å². The van der Waals surface area contributed by atoms with Gasteiger partial charge in [-0.05, 0) is 36.2 Å². The molecule has 6 nitrogen and oxygen atoms in total. The van der Waals surface area contributed by atoms with Crippen LogP contribution >= 0.6 is 0 Å². The highest BCUT2D eigenvalue weighted by molar-refractivity contribution is 5.95. The van der Waals surface area contributed by atoms with E-state index in [9.17, 15) is 9.59 Å². The van der Waals surface area contributed by atoms with Gasteiger partial charge in [-0.2, -0.15) is 0 Å². The summed E-state index contributed by atoms with van der Waals surface area (Å²) in [7, 11) is 1.59. The molecule has 1 unspecified atom stereocenters. The Morgan fingerprint density at radius 1 is 1.12 bits per heavy atom. The van der Waals surface area contributed by atoms with E-state index in [1.165, 1.54) is 0 Å². The smallest absolute Gasteiger partial charge is 0.341 e. The zero-order valence-corrected chi connectivity index (χ0v) is 14.2. The van der Waals surface area contributed by atoms with Crippen molar-refractivity contribution in [3.8, 4) is 5.75 Å². The second kappa shape index (κ2) is 8.84. The maximum atomic E-state index is 12.5. The van der Waals surface area contributed by atoms with E-state index >= 15 is 0 Å². The number of methoxy groups -OCH3 is 1. The van der Waals surface area contributed by atoms with Gasteiger partial charge in [0.1, 0.15) is 5.75 Å². The van der Waals surface area contributed by atoms with E-state index in [0.29, 0.717) is 17.9 Å². The Morgan fingerprint density at radius 2 is 1.80 bits per heavy atom. The average molecular weight is 343 g/mol. The van der Waals surface area contributed by atoms with Gasteiger partial charge in [0, 0.05) is 12.7 Å². The van der Waals surface area contributed by atoms with Crippen molar-refractivity contribution in [2.45, 2.75) is 19.6 Å². The number of nitrogens with one attached hydrogen (secondary N) is 1. The summed E-state index contributed by atoms with van der Waals surface area (Å²) in [5.41, 5.74) is 2.30. The first-order valence-corrected chi connectivity index (χ1v) is 7.83. The third kappa shape index (κ3) is 5.32. The molecule has 0 aliphatic heterocycles. The molecule has 6 heteroatoms. The van der Waals surface area contributed by atoms with E-state index < -0.39 is 5.97 Å². The van der Waals surface area contributed by atoms with Crippen molar-refractivity contribution in [3.05, 3.63) is 65.2 Å². The van der Waals surface area contributed by atoms with Crippen LogP contribution in [0.3, 0.4) is 0 Å². The number of rotatable bonds is 8. The molecule has 0 fully saturated rings. The fraction of sp³-hybridized carbons (Fsp3) is 0.263. The summed E-state index contributed by atoms with van der Waals surface area (Å²) in [6, 6.07) is 14.0. The first-order chi connectivity index (χ1) is 12.0. The van der Waals surface area contributed by atoms with Crippen LogP contribution in [0.2, 0.25) is 0 Å². The maximum absolute atomic E-state index is 12.5. The van der Waals surface area contributed by atoms with Crippen LogP contribution in [-0.2, 0) is 16.1 Å². The molecule has 0 aliphatic rings. The van der Waals surface area contributed by atoms with Gasteiger partial charge in [-0.25, -0.2) is 4.79 Å². The van der Waals surface area contributed by atoms with E-state index in [4.69, 9.17) is 14.6 Å². The number of carbonyl (C=O) groups is 2. The predicted octanol–water partition coefficient (Wildman–Crippen LogP) is 2.79. The van der Waals surface area contributed by atoms with Gasteiger partial charge in [0.15, 0.2) is 6.61 Å². The van der Waals surface area contributed by atoms with Gasteiger partial charge in [0.25, 0.3) is 5.91 Å². The number of benzene rings is 2. The molecule has 0 saturated heterocycles. The Hall–Kier alpha value is -2.86. The number of carbonyl (C=O) groups excluding carboxylic acids is 1. The van der Waals surface area contributed by atoms with E-state index in [1.807, 2.05) is 25.1 Å². The summed E-state index contributed by atoms with van der Waals surface area (Å²) >= 11 is 0. The molecule has 2 N–H and O–H groups in total. The average Bonchev–Trinajstić information content (AvgIpc) is 2.61. The minimum Gasteiger partial charge on any atom is -0.482 e. The lowest BCUT2D eigenvalue weighted by Crippen LogP contribution is -2.27. The van der Waals surface area contributed by atoms with Crippen molar-refractivity contribution in [1.29, 1.82) is 0 Å². The molecular formula is C19H21NO5. The van der Waals surface area contributed by atoms with Crippen LogP contribution in [-0.4, -0.2) is 30.7 Å². The molecule has 2 rings (SSSR count). The van der Waals surface area contributed by atoms with Gasteiger partial charge >= 0.3 is 5.97 Å². The second-order valence-electron chi connectivity index (χ2n) is 5.54. The Kier molecular flexibility index (Phi) is 6.54. The van der Waals surface area contributed by atoms with Crippen LogP contribution in [0.25, 0.3) is 0 Å². The van der Waals surface area contributed by atoms with Crippen LogP contribution in [0.1, 0.15) is 34.5 Å². The molecule has 0 aromatic heterocycles. The van der Waals surface area contributed by atoms with Gasteiger partial charge in [0.05, 0.1) is 12.6 Å². The van der Waals surface area contributed by atoms with Crippen molar-refractivity contribution in [2.75, 3.05) is 13.7 Å². The molecule has 0 heterocycles. The Balaban J connectivity index is 2.02. The standard InChI is InChI=1S/C19H21NO5/c1-13(14-7-9-16(10-8-14)25-12-18(21)22)20-19(23)17-6-4-3-5-15(17)11-24-2/h3-10,13H,11-12H2,1-2H3,(H,20,23)(H,21,22). The summed E-state index contributed by atoms with van der Waals surface area (Å²) in [4.78, 5) is 23.0. The van der Waals surface area contributed by atoms with Crippen molar-refractivity contribution in [1.82, 2.24) is 5.32 Å². The molecule has 2 aromatic carbocycles. The number of hydrogen-bond acceptors (Lipinski definition) is 4. The molecular weight excluding hydrogens is 322 g/mol. The number of ether oxygens (including phenoxy) is 2. The van der Waals surface area contributed by atoms with Gasteiger partial charge in [-0.3, -0.25) is 4.79 Å². The molecule has 132 valence electrons. The number of carboxylic acids is 1. The monoisotopic (exact) mass is 343 g/mol. The van der Waals surface area contributed by atoms with Gasteiger partial charge in [-0.1, -0.05) is 30.3 Å². The molecule has 1 amide bonds. The summed E-state index contributed by atoms with van der Waals surface area (Å²) in [6.45, 7) is 1.86. The molecule has 1 atom stereocenters. The number of aliphatic carboxylic acids is 1. The highest BCUT2D eigenvalue weighted by atomic mass is 16.5. The van der Waals surface area contributed by atoms with Crippen molar-refractivity contribution < 1.29 is 24.2 Å². The van der Waals surface area contributed by atoms with Crippen molar-refractivity contribution in [3.63, 3.8) is 0 Å². The Labute approximate surface area is 146 Å². The quantitative estimate of drug-likeness (QED) is 0.770. The van der Waals surface area contributed by atoms with E-state index in [0.717, 1.165) is 11.1 Å². The largest absolute Gasteiger partial charge is 0.482 e. The lowest BCUT2D eigenvalue weighted by molar-refractivity contribution is -0.139. The Morgan fingerprint density at radius 3 is 2.44 bits per heavy atom. The van der Waals surface area contributed by atoms with E-state index in [1.54, 1.807) is 37.4 Å². The second-order valence-corrected chi connectivity index (χ2v) is 5.54. The Bertz CT molecular complexity index is 727. The molecule has 25 heavy (non-hydrogen) atoms. The maximum Gasteiger partial charge on any atom is 0.341 e. The SMILES string of the molecule is COCc1ccccc1C(=O)NC(C)c1ccc(OCC(=O)O)cc1. The first kappa shape index (κ1) is 18.5. The van der Waals surface area contributed by atoms with E-state index in [2.05, 4.69) is 5.32 Å². The molecule has 0 aliphatic carbocycles. The van der Waals surface area contributed by atoms with Crippen LogP contribution < -0.4 is 10.1 Å². The lowest BCUT2D eigenvalue weighted by atomic mass is 10.1. The first-order valence-electron chi connectivity index (χ1n) is 7.83.